The van der Waals surface area contributed by atoms with Gasteiger partial charge in [0.2, 0.25) is 0 Å². The second kappa shape index (κ2) is 9.20. The van der Waals surface area contributed by atoms with Gasteiger partial charge in [-0.2, -0.15) is 5.26 Å². The highest BCUT2D eigenvalue weighted by Crippen LogP contribution is 2.32. The highest BCUT2D eigenvalue weighted by atomic mass is 16.2. The average molecular weight is 449 g/mol. The van der Waals surface area contributed by atoms with Crippen LogP contribution in [-0.2, 0) is 0 Å². The van der Waals surface area contributed by atoms with Gasteiger partial charge < -0.3 is 15.1 Å². The van der Waals surface area contributed by atoms with Crippen molar-refractivity contribution in [1.29, 1.82) is 5.26 Å². The van der Waals surface area contributed by atoms with Crippen molar-refractivity contribution in [1.82, 2.24) is 15.1 Å². The molecule has 1 aromatic heterocycles. The lowest BCUT2D eigenvalue weighted by Crippen LogP contribution is -2.55. The molecule has 4 aromatic rings. The van der Waals surface area contributed by atoms with Crippen molar-refractivity contribution < 1.29 is 4.79 Å². The number of anilines is 2. The van der Waals surface area contributed by atoms with Crippen LogP contribution in [0.4, 0.5) is 16.3 Å². The first-order valence-electron chi connectivity index (χ1n) is 11.3. The average Bonchev–Trinajstić information content (AvgIpc) is 2.89. The molecule has 1 atom stereocenters. The predicted octanol–water partition coefficient (Wildman–Crippen LogP) is 4.91. The maximum Gasteiger partial charge on any atom is 0.321 e. The molecule has 0 radical (unpaired) electrons. The van der Waals surface area contributed by atoms with Gasteiger partial charge in [-0.1, -0.05) is 54.6 Å². The molecule has 1 fully saturated rings. The number of nitriles is 1. The van der Waals surface area contributed by atoms with Gasteiger partial charge in [-0.15, -0.1) is 10.2 Å². The minimum atomic E-state index is -0.147. The van der Waals surface area contributed by atoms with E-state index >= 15 is 0 Å². The quantitative estimate of drug-likeness (QED) is 0.481. The third-order valence-corrected chi connectivity index (χ3v) is 6.17. The minimum Gasteiger partial charge on any atom is -0.348 e. The standard InChI is InChI=1S/C27H24N6O/c1-19-18-32(27(34)29-22-13-11-20(17-28)12-14-22)15-16-33(19)26-24-10-6-5-9-23(24)25(30-31-26)21-7-3-2-4-8-21/h2-14,19H,15-16,18H2,1H3,(H,29,34)/t19-/m0/s1. The molecule has 1 N–H and O–H groups in total. The zero-order valence-electron chi connectivity index (χ0n) is 18.8. The fraction of sp³-hybridized carbons (Fsp3) is 0.185. The molecule has 0 saturated carbocycles. The molecule has 34 heavy (non-hydrogen) atoms. The number of aromatic nitrogens is 2. The lowest BCUT2D eigenvalue weighted by Gasteiger charge is -2.40. The number of hydrogen-bond donors (Lipinski definition) is 1. The lowest BCUT2D eigenvalue weighted by atomic mass is 10.0. The summed E-state index contributed by atoms with van der Waals surface area (Å²) in [6.45, 7) is 3.90. The van der Waals surface area contributed by atoms with E-state index in [0.29, 0.717) is 30.9 Å². The first-order valence-corrected chi connectivity index (χ1v) is 11.3. The van der Waals surface area contributed by atoms with Crippen molar-refractivity contribution in [3.63, 3.8) is 0 Å². The topological polar surface area (TPSA) is 85.2 Å². The van der Waals surface area contributed by atoms with Crippen LogP contribution in [0.1, 0.15) is 12.5 Å². The van der Waals surface area contributed by atoms with Gasteiger partial charge >= 0.3 is 6.03 Å². The number of fused-ring (bicyclic) bond motifs is 1. The maximum atomic E-state index is 12.8. The summed E-state index contributed by atoms with van der Waals surface area (Å²) in [7, 11) is 0. The Bertz CT molecular complexity index is 1360. The van der Waals surface area contributed by atoms with Crippen molar-refractivity contribution in [2.24, 2.45) is 0 Å². The molecular formula is C27H24N6O. The Morgan fingerprint density at radius 3 is 2.35 bits per heavy atom. The van der Waals surface area contributed by atoms with Gasteiger partial charge in [0.1, 0.15) is 5.69 Å². The zero-order chi connectivity index (χ0) is 23.5. The van der Waals surface area contributed by atoms with E-state index in [0.717, 1.165) is 27.8 Å². The number of nitrogens with zero attached hydrogens (tertiary/aromatic N) is 5. The summed E-state index contributed by atoms with van der Waals surface area (Å²) in [5.74, 6) is 0.843. The van der Waals surface area contributed by atoms with Crippen molar-refractivity contribution in [2.75, 3.05) is 29.9 Å². The molecule has 2 amide bonds. The van der Waals surface area contributed by atoms with E-state index in [1.807, 2.05) is 47.4 Å². The molecule has 1 saturated heterocycles. The molecule has 0 unspecified atom stereocenters. The van der Waals surface area contributed by atoms with Gasteiger partial charge in [-0.3, -0.25) is 0 Å². The van der Waals surface area contributed by atoms with E-state index < -0.39 is 0 Å². The number of carbonyl (C=O) groups is 1. The van der Waals surface area contributed by atoms with Crippen molar-refractivity contribution in [3.05, 3.63) is 84.4 Å². The Morgan fingerprint density at radius 2 is 1.65 bits per heavy atom. The highest BCUT2D eigenvalue weighted by molar-refractivity contribution is 6.00. The third-order valence-electron chi connectivity index (χ3n) is 6.17. The van der Waals surface area contributed by atoms with Crippen LogP contribution >= 0.6 is 0 Å². The summed E-state index contributed by atoms with van der Waals surface area (Å²) in [6.07, 6.45) is 0. The molecule has 0 aliphatic carbocycles. The number of urea groups is 1. The Kier molecular flexibility index (Phi) is 5.79. The number of piperazine rings is 1. The number of benzene rings is 3. The van der Waals surface area contributed by atoms with E-state index in [4.69, 9.17) is 5.26 Å². The summed E-state index contributed by atoms with van der Waals surface area (Å²) in [5, 5.41) is 23.2. The maximum absolute atomic E-state index is 12.8. The molecule has 7 heteroatoms. The van der Waals surface area contributed by atoms with Gasteiger partial charge in [0.25, 0.3) is 0 Å². The predicted molar refractivity (Wildman–Crippen MR) is 134 cm³/mol. The number of rotatable bonds is 3. The molecular weight excluding hydrogens is 424 g/mol. The van der Waals surface area contributed by atoms with Crippen LogP contribution in [0.25, 0.3) is 22.0 Å². The SMILES string of the molecule is C[C@H]1CN(C(=O)Nc2ccc(C#N)cc2)CCN1c1nnc(-c2ccccc2)c2ccccc12. The van der Waals surface area contributed by atoms with Crippen LogP contribution in [-0.4, -0.2) is 46.8 Å². The minimum absolute atomic E-state index is 0.0701. The Balaban J connectivity index is 1.35. The van der Waals surface area contributed by atoms with E-state index in [1.165, 1.54) is 0 Å². The highest BCUT2D eigenvalue weighted by Gasteiger charge is 2.29. The largest absolute Gasteiger partial charge is 0.348 e. The zero-order valence-corrected chi connectivity index (χ0v) is 18.8. The fourth-order valence-corrected chi connectivity index (χ4v) is 4.40. The number of hydrogen-bond acceptors (Lipinski definition) is 5. The Labute approximate surface area is 198 Å². The normalized spacial score (nSPS) is 15.7. The van der Waals surface area contributed by atoms with Crippen LogP contribution in [0.3, 0.4) is 0 Å². The van der Waals surface area contributed by atoms with Crippen LogP contribution in [0.15, 0.2) is 78.9 Å². The molecule has 3 aromatic carbocycles. The van der Waals surface area contributed by atoms with Gasteiger partial charge in [-0.05, 0) is 31.2 Å². The van der Waals surface area contributed by atoms with Crippen LogP contribution in [0, 0.1) is 11.3 Å². The van der Waals surface area contributed by atoms with Gasteiger partial charge in [0.05, 0.1) is 11.6 Å². The van der Waals surface area contributed by atoms with E-state index in [9.17, 15) is 4.79 Å². The van der Waals surface area contributed by atoms with Crippen LogP contribution in [0.5, 0.6) is 0 Å². The number of nitrogens with one attached hydrogen (secondary N) is 1. The summed E-state index contributed by atoms with van der Waals surface area (Å²) >= 11 is 0. The first-order chi connectivity index (χ1) is 16.6. The molecule has 2 heterocycles. The van der Waals surface area contributed by atoms with E-state index in [-0.39, 0.29) is 12.1 Å². The molecule has 168 valence electrons. The van der Waals surface area contributed by atoms with Crippen LogP contribution < -0.4 is 10.2 Å². The van der Waals surface area contributed by atoms with Gasteiger partial charge in [0, 0.05) is 47.7 Å². The fourth-order valence-electron chi connectivity index (χ4n) is 4.40. The Hall–Kier alpha value is -4.44. The molecule has 0 bridgehead atoms. The molecule has 0 spiro atoms. The molecule has 1 aliphatic heterocycles. The number of amides is 2. The van der Waals surface area contributed by atoms with E-state index in [2.05, 4.69) is 45.5 Å². The van der Waals surface area contributed by atoms with Crippen molar-refractivity contribution >= 4 is 28.3 Å². The molecule has 5 rings (SSSR count). The third kappa shape index (κ3) is 4.14. The summed E-state index contributed by atoms with van der Waals surface area (Å²) < 4.78 is 0. The molecule has 7 nitrogen and oxygen atoms in total. The summed E-state index contributed by atoms with van der Waals surface area (Å²) in [4.78, 5) is 16.9. The monoisotopic (exact) mass is 448 g/mol. The summed E-state index contributed by atoms with van der Waals surface area (Å²) in [5.41, 5.74) is 3.14. The Morgan fingerprint density at radius 1 is 0.941 bits per heavy atom. The molecule has 1 aliphatic rings. The van der Waals surface area contributed by atoms with Crippen molar-refractivity contribution in [2.45, 2.75) is 13.0 Å². The van der Waals surface area contributed by atoms with Gasteiger partial charge in [0.15, 0.2) is 5.82 Å². The number of carbonyl (C=O) groups excluding carboxylic acids is 1. The van der Waals surface area contributed by atoms with Crippen LogP contribution in [0.2, 0.25) is 0 Å². The second-order valence-corrected chi connectivity index (χ2v) is 8.39. The second-order valence-electron chi connectivity index (χ2n) is 8.39. The lowest BCUT2D eigenvalue weighted by molar-refractivity contribution is 0.200. The van der Waals surface area contributed by atoms with Gasteiger partial charge in [-0.25, -0.2) is 4.79 Å². The smallest absolute Gasteiger partial charge is 0.321 e. The first kappa shape index (κ1) is 21.4. The van der Waals surface area contributed by atoms with Crippen molar-refractivity contribution in [3.8, 4) is 17.3 Å². The van der Waals surface area contributed by atoms with E-state index in [1.54, 1.807) is 24.3 Å². The summed E-state index contributed by atoms with van der Waals surface area (Å²) in [6, 6.07) is 27.2.